The first kappa shape index (κ1) is 12.1. The molecule has 0 saturated carbocycles. The molecule has 0 fully saturated rings. The van der Waals surface area contributed by atoms with Crippen LogP contribution in [0.4, 0.5) is 17.1 Å². The molecule has 1 unspecified atom stereocenters. The number of para-hydroxylation sites is 2. The van der Waals surface area contributed by atoms with Crippen LogP contribution in [0.2, 0.25) is 0 Å². The van der Waals surface area contributed by atoms with Crippen molar-refractivity contribution in [2.45, 2.75) is 5.50 Å². The Morgan fingerprint density at radius 1 is 1.16 bits per heavy atom. The number of carbonyl (C=O) groups is 1. The topological polar surface area (TPSA) is 32.3 Å². The quantitative estimate of drug-likeness (QED) is 0.515. The Balaban J connectivity index is 2.13. The number of aldehydes is 1. The van der Waals surface area contributed by atoms with Gasteiger partial charge >= 0.3 is 0 Å². The highest BCUT2D eigenvalue weighted by molar-refractivity contribution is 6.23. The van der Waals surface area contributed by atoms with E-state index in [1.165, 1.54) is 0 Å². The second kappa shape index (κ2) is 4.94. The first-order valence-electron chi connectivity index (χ1n) is 6.11. The molecule has 0 bridgehead atoms. The first-order chi connectivity index (χ1) is 9.29. The summed E-state index contributed by atoms with van der Waals surface area (Å²) in [6.45, 7) is 0.654. The van der Waals surface area contributed by atoms with Gasteiger partial charge in [-0.05, 0) is 24.3 Å². The van der Waals surface area contributed by atoms with Crippen LogP contribution in [0.5, 0.6) is 0 Å². The number of rotatable bonds is 2. The molecule has 0 spiro atoms. The van der Waals surface area contributed by atoms with Crippen molar-refractivity contribution in [3.63, 3.8) is 0 Å². The molecule has 96 valence electrons. The van der Waals surface area contributed by atoms with Gasteiger partial charge in [0, 0.05) is 11.3 Å². The Morgan fingerprint density at radius 3 is 2.68 bits per heavy atom. The predicted molar refractivity (Wildman–Crippen MR) is 78.5 cm³/mol. The maximum Gasteiger partial charge on any atom is 0.152 e. The lowest BCUT2D eigenvalue weighted by molar-refractivity contribution is 0.112. The van der Waals surface area contributed by atoms with Crippen LogP contribution in [0.15, 0.2) is 48.5 Å². The van der Waals surface area contributed by atoms with E-state index in [-0.39, 0.29) is 5.50 Å². The average Bonchev–Trinajstić information content (AvgIpc) is 2.46. The van der Waals surface area contributed by atoms with Crippen molar-refractivity contribution in [2.24, 2.45) is 0 Å². The number of fused-ring (bicyclic) bond motifs is 1. The molecule has 0 aliphatic carbocycles. The van der Waals surface area contributed by atoms with Crippen molar-refractivity contribution >= 4 is 34.9 Å². The van der Waals surface area contributed by atoms with Crippen molar-refractivity contribution in [2.75, 3.05) is 16.8 Å². The van der Waals surface area contributed by atoms with Gasteiger partial charge in [-0.1, -0.05) is 35.9 Å². The first-order valence-corrected chi connectivity index (χ1v) is 6.54. The summed E-state index contributed by atoms with van der Waals surface area (Å²) in [6, 6.07) is 15.7. The smallest absolute Gasteiger partial charge is 0.152 e. The molecular formula is C15H13ClN2O. The molecule has 2 aromatic carbocycles. The van der Waals surface area contributed by atoms with Crippen molar-refractivity contribution in [3.05, 3.63) is 54.1 Å². The fraction of sp³-hybridized carbons (Fsp3) is 0.133. The maximum absolute atomic E-state index is 11.1. The molecule has 1 aliphatic heterocycles. The molecule has 4 heteroatoms. The Hall–Kier alpha value is -2.00. The summed E-state index contributed by atoms with van der Waals surface area (Å²) in [5.41, 5.74) is 3.25. The second-order valence-electron chi connectivity index (χ2n) is 4.42. The van der Waals surface area contributed by atoms with Crippen molar-refractivity contribution in [1.29, 1.82) is 0 Å². The minimum absolute atomic E-state index is 0.228. The van der Waals surface area contributed by atoms with E-state index in [2.05, 4.69) is 10.2 Å². The van der Waals surface area contributed by atoms with E-state index in [1.807, 2.05) is 42.5 Å². The van der Waals surface area contributed by atoms with Gasteiger partial charge in [-0.25, -0.2) is 0 Å². The molecule has 0 saturated heterocycles. The molecule has 1 heterocycles. The van der Waals surface area contributed by atoms with Gasteiger partial charge in [-0.3, -0.25) is 4.79 Å². The average molecular weight is 273 g/mol. The molecule has 0 radical (unpaired) electrons. The fourth-order valence-electron chi connectivity index (χ4n) is 2.35. The Bertz CT molecular complexity index is 600. The van der Waals surface area contributed by atoms with Crippen LogP contribution >= 0.6 is 11.6 Å². The van der Waals surface area contributed by atoms with Crippen molar-refractivity contribution in [1.82, 2.24) is 0 Å². The van der Waals surface area contributed by atoms with Crippen LogP contribution in [0.1, 0.15) is 10.4 Å². The summed E-state index contributed by atoms with van der Waals surface area (Å²) in [5.74, 6) is 0. The predicted octanol–water partition coefficient (Wildman–Crippen LogP) is 3.63. The zero-order valence-corrected chi connectivity index (χ0v) is 11.0. The van der Waals surface area contributed by atoms with Gasteiger partial charge in [0.2, 0.25) is 0 Å². The Labute approximate surface area is 116 Å². The van der Waals surface area contributed by atoms with Gasteiger partial charge in [0.15, 0.2) is 6.29 Å². The normalized spacial score (nSPS) is 17.5. The summed E-state index contributed by atoms with van der Waals surface area (Å²) in [6.07, 6.45) is 0.851. The van der Waals surface area contributed by atoms with Gasteiger partial charge in [-0.2, -0.15) is 0 Å². The third kappa shape index (κ3) is 2.17. The zero-order chi connectivity index (χ0) is 13.2. The highest BCUT2D eigenvalue weighted by Gasteiger charge is 2.25. The molecule has 1 aliphatic rings. The largest absolute Gasteiger partial charge is 0.365 e. The van der Waals surface area contributed by atoms with Crippen molar-refractivity contribution in [3.8, 4) is 0 Å². The number of anilines is 3. The van der Waals surface area contributed by atoms with E-state index in [0.717, 1.165) is 23.3 Å². The summed E-state index contributed by atoms with van der Waals surface area (Å²) >= 11 is 6.25. The van der Waals surface area contributed by atoms with Gasteiger partial charge in [0.25, 0.3) is 0 Å². The molecule has 0 aromatic heterocycles. The molecular weight excluding hydrogens is 260 g/mol. The van der Waals surface area contributed by atoms with E-state index in [9.17, 15) is 4.79 Å². The van der Waals surface area contributed by atoms with Crippen LogP contribution in [-0.2, 0) is 0 Å². The van der Waals surface area contributed by atoms with E-state index in [4.69, 9.17) is 11.6 Å². The molecule has 1 N–H and O–H groups in total. The van der Waals surface area contributed by atoms with Gasteiger partial charge in [0.05, 0.1) is 17.9 Å². The number of nitrogens with one attached hydrogen (secondary N) is 1. The summed E-state index contributed by atoms with van der Waals surface area (Å²) in [5, 5.41) is 3.17. The summed E-state index contributed by atoms with van der Waals surface area (Å²) < 4.78 is 0. The fourth-order valence-corrected chi connectivity index (χ4v) is 2.60. The monoisotopic (exact) mass is 272 g/mol. The molecule has 3 nitrogen and oxygen atoms in total. The third-order valence-electron chi connectivity index (χ3n) is 3.20. The summed E-state index contributed by atoms with van der Waals surface area (Å²) in [4.78, 5) is 13.2. The van der Waals surface area contributed by atoms with Gasteiger partial charge < -0.3 is 10.2 Å². The molecule has 3 rings (SSSR count). The minimum Gasteiger partial charge on any atom is -0.365 e. The number of alkyl halides is 1. The lowest BCUT2D eigenvalue weighted by atomic mass is 10.1. The standard InChI is InChI=1S/C15H13ClN2O/c16-14-9-18(12-6-2-1-3-7-12)13-8-4-5-11(10-19)15(13)17-14/h1-8,10,14,17H,9H2. The molecule has 1 atom stereocenters. The van der Waals surface area contributed by atoms with E-state index >= 15 is 0 Å². The Kier molecular flexibility index (Phi) is 3.13. The lowest BCUT2D eigenvalue weighted by Gasteiger charge is -2.35. The van der Waals surface area contributed by atoms with Crippen LogP contribution in [0, 0.1) is 0 Å². The van der Waals surface area contributed by atoms with E-state index in [1.54, 1.807) is 6.07 Å². The number of nitrogens with zero attached hydrogens (tertiary/aromatic N) is 1. The molecule has 0 amide bonds. The second-order valence-corrected chi connectivity index (χ2v) is 4.94. The summed E-state index contributed by atoms with van der Waals surface area (Å²) in [7, 11) is 0. The van der Waals surface area contributed by atoms with Gasteiger partial charge in [-0.15, -0.1) is 0 Å². The highest BCUT2D eigenvalue weighted by Crippen LogP contribution is 2.38. The van der Waals surface area contributed by atoms with Crippen LogP contribution in [-0.4, -0.2) is 18.3 Å². The lowest BCUT2D eigenvalue weighted by Crippen LogP contribution is -2.36. The molecule has 19 heavy (non-hydrogen) atoms. The van der Waals surface area contributed by atoms with E-state index < -0.39 is 0 Å². The van der Waals surface area contributed by atoms with Gasteiger partial charge in [0.1, 0.15) is 5.50 Å². The van der Waals surface area contributed by atoms with Crippen LogP contribution in [0.25, 0.3) is 0 Å². The Morgan fingerprint density at radius 2 is 1.95 bits per heavy atom. The SMILES string of the molecule is O=Cc1cccc2c1NC(Cl)CN2c1ccccc1. The third-order valence-corrected chi connectivity index (χ3v) is 3.45. The number of hydrogen-bond donors (Lipinski definition) is 1. The number of hydrogen-bond acceptors (Lipinski definition) is 3. The van der Waals surface area contributed by atoms with E-state index in [0.29, 0.717) is 12.1 Å². The highest BCUT2D eigenvalue weighted by atomic mass is 35.5. The number of benzene rings is 2. The maximum atomic E-state index is 11.1. The van der Waals surface area contributed by atoms with Crippen molar-refractivity contribution < 1.29 is 4.79 Å². The number of halogens is 1. The van der Waals surface area contributed by atoms with Crippen LogP contribution in [0.3, 0.4) is 0 Å². The van der Waals surface area contributed by atoms with Crippen LogP contribution < -0.4 is 10.2 Å². The molecule has 2 aromatic rings. The zero-order valence-electron chi connectivity index (χ0n) is 10.2. The minimum atomic E-state index is -0.228. The number of carbonyl (C=O) groups excluding carboxylic acids is 1.